The van der Waals surface area contributed by atoms with Crippen molar-refractivity contribution in [2.24, 2.45) is 0 Å². The maximum absolute atomic E-state index is 4.83. The maximum Gasteiger partial charge on any atom is 0.100 e. The van der Waals surface area contributed by atoms with Crippen LogP contribution in [0.2, 0.25) is 0 Å². The molecule has 1 rings (SSSR count). The highest BCUT2D eigenvalue weighted by Gasteiger charge is 1.75. The van der Waals surface area contributed by atoms with Gasteiger partial charge >= 0.3 is 0 Å². The Balaban J connectivity index is 0.000000187. The average molecular weight is 126 g/mol. The van der Waals surface area contributed by atoms with Crippen LogP contribution >= 0.6 is 0 Å². The van der Waals surface area contributed by atoms with Gasteiger partial charge in [-0.1, -0.05) is 20.3 Å². The molecule has 0 atom stereocenters. The molecule has 52 valence electrons. The van der Waals surface area contributed by atoms with Crippen LogP contribution in [-0.2, 0) is 0 Å². The van der Waals surface area contributed by atoms with Gasteiger partial charge < -0.3 is 4.42 Å². The van der Waals surface area contributed by atoms with Crippen LogP contribution in [-0.4, -0.2) is 0 Å². The van der Waals surface area contributed by atoms with Gasteiger partial charge in [0, 0.05) is 0 Å². The summed E-state index contributed by atoms with van der Waals surface area (Å²) in [7, 11) is 0. The first kappa shape index (κ1) is 8.28. The topological polar surface area (TPSA) is 13.1 Å². The molecule has 0 radical (unpaired) electrons. The van der Waals surface area contributed by atoms with E-state index in [2.05, 4.69) is 13.8 Å². The predicted octanol–water partition coefficient (Wildman–Crippen LogP) is 3.00. The van der Waals surface area contributed by atoms with Gasteiger partial charge in [-0.15, -0.1) is 0 Å². The summed E-state index contributed by atoms with van der Waals surface area (Å²) in [6.45, 7) is 6.17. The van der Waals surface area contributed by atoms with Crippen LogP contribution in [0.25, 0.3) is 0 Å². The first-order chi connectivity index (χ1) is 4.31. The quantitative estimate of drug-likeness (QED) is 0.520. The van der Waals surface area contributed by atoms with Crippen molar-refractivity contribution in [1.82, 2.24) is 0 Å². The van der Waals surface area contributed by atoms with Crippen molar-refractivity contribution in [2.75, 3.05) is 0 Å². The van der Waals surface area contributed by atoms with Gasteiger partial charge in [0.2, 0.25) is 0 Å². The molecule has 0 spiro atoms. The first-order valence-corrected chi connectivity index (χ1v) is 3.31. The molecule has 0 fully saturated rings. The fourth-order valence-corrected chi connectivity index (χ4v) is 0.361. The normalized spacial score (nSPS) is 7.89. The molecule has 0 N–H and O–H groups in total. The largest absolute Gasteiger partial charge is 0.470 e. The van der Waals surface area contributed by atoms with Gasteiger partial charge in [-0.05, 0) is 19.1 Å². The van der Waals surface area contributed by atoms with Crippen LogP contribution in [0.15, 0.2) is 22.8 Å². The van der Waals surface area contributed by atoms with Crippen molar-refractivity contribution in [2.45, 2.75) is 27.2 Å². The number of hydrogen-bond donors (Lipinski definition) is 0. The van der Waals surface area contributed by atoms with Crippen LogP contribution in [0.4, 0.5) is 0 Å². The SMILES string of the molecule is CCC.Cc1ccco1. The van der Waals surface area contributed by atoms with E-state index in [1.54, 1.807) is 6.26 Å². The number of aryl methyl sites for hydroxylation is 1. The predicted molar refractivity (Wildman–Crippen MR) is 39.4 cm³/mol. The number of hydrogen-bond acceptors (Lipinski definition) is 1. The number of rotatable bonds is 0. The Kier molecular flexibility index (Phi) is 4.98. The van der Waals surface area contributed by atoms with Crippen molar-refractivity contribution in [3.05, 3.63) is 24.2 Å². The number of furan rings is 1. The van der Waals surface area contributed by atoms with E-state index in [4.69, 9.17) is 4.42 Å². The standard InChI is InChI=1S/C5H6O.C3H8/c1-5-3-2-4-6-5;1-3-2/h2-4H,1H3;3H2,1-2H3. The van der Waals surface area contributed by atoms with Gasteiger partial charge in [0.25, 0.3) is 0 Å². The van der Waals surface area contributed by atoms with E-state index >= 15 is 0 Å². The van der Waals surface area contributed by atoms with E-state index in [1.807, 2.05) is 19.1 Å². The molecular weight excluding hydrogens is 112 g/mol. The van der Waals surface area contributed by atoms with Gasteiger partial charge in [-0.25, -0.2) is 0 Å². The monoisotopic (exact) mass is 126 g/mol. The first-order valence-electron chi connectivity index (χ1n) is 3.31. The summed E-state index contributed by atoms with van der Waals surface area (Å²) in [5, 5.41) is 0. The smallest absolute Gasteiger partial charge is 0.100 e. The fraction of sp³-hybridized carbons (Fsp3) is 0.500. The molecule has 0 aliphatic carbocycles. The zero-order valence-corrected chi connectivity index (χ0v) is 6.35. The highest BCUT2D eigenvalue weighted by molar-refractivity contribution is 4.93. The van der Waals surface area contributed by atoms with E-state index in [-0.39, 0.29) is 0 Å². The summed E-state index contributed by atoms with van der Waals surface area (Å²) < 4.78 is 4.83. The fourth-order valence-electron chi connectivity index (χ4n) is 0.361. The highest BCUT2D eigenvalue weighted by Crippen LogP contribution is 1.93. The molecule has 1 heterocycles. The minimum absolute atomic E-state index is 0.968. The Labute approximate surface area is 56.7 Å². The molecule has 1 aromatic rings. The Bertz CT molecular complexity index is 119. The summed E-state index contributed by atoms with van der Waals surface area (Å²) in [6.07, 6.45) is 2.91. The lowest BCUT2D eigenvalue weighted by molar-refractivity contribution is 0.534. The summed E-state index contributed by atoms with van der Waals surface area (Å²) in [5.74, 6) is 0.968. The Morgan fingerprint density at radius 2 is 2.00 bits per heavy atom. The molecule has 0 amide bonds. The molecule has 0 unspecified atom stereocenters. The van der Waals surface area contributed by atoms with E-state index < -0.39 is 0 Å². The van der Waals surface area contributed by atoms with Gasteiger partial charge in [-0.2, -0.15) is 0 Å². The van der Waals surface area contributed by atoms with Crippen molar-refractivity contribution < 1.29 is 4.42 Å². The summed E-state index contributed by atoms with van der Waals surface area (Å²) in [4.78, 5) is 0. The third kappa shape index (κ3) is 5.15. The van der Waals surface area contributed by atoms with E-state index in [9.17, 15) is 0 Å². The van der Waals surface area contributed by atoms with E-state index in [0.717, 1.165) is 5.76 Å². The van der Waals surface area contributed by atoms with E-state index in [1.165, 1.54) is 6.42 Å². The van der Waals surface area contributed by atoms with Gasteiger partial charge in [0.15, 0.2) is 0 Å². The summed E-state index contributed by atoms with van der Waals surface area (Å²) in [5.41, 5.74) is 0. The zero-order chi connectivity index (χ0) is 7.11. The van der Waals surface area contributed by atoms with Crippen LogP contribution < -0.4 is 0 Å². The minimum atomic E-state index is 0.968. The van der Waals surface area contributed by atoms with E-state index in [0.29, 0.717) is 0 Å². The molecule has 0 aromatic carbocycles. The molecule has 0 bridgehead atoms. The average Bonchev–Trinajstić information content (AvgIpc) is 2.20. The molecule has 9 heavy (non-hydrogen) atoms. The minimum Gasteiger partial charge on any atom is -0.470 e. The van der Waals surface area contributed by atoms with Gasteiger partial charge in [0.1, 0.15) is 5.76 Å². The molecule has 0 saturated carbocycles. The lowest BCUT2D eigenvalue weighted by atomic mass is 10.5. The van der Waals surface area contributed by atoms with Crippen molar-refractivity contribution in [3.8, 4) is 0 Å². The second kappa shape index (κ2) is 5.42. The van der Waals surface area contributed by atoms with Gasteiger partial charge in [0.05, 0.1) is 6.26 Å². The van der Waals surface area contributed by atoms with Crippen LogP contribution in [0.1, 0.15) is 26.0 Å². The Morgan fingerprint density at radius 1 is 1.44 bits per heavy atom. The van der Waals surface area contributed by atoms with Crippen molar-refractivity contribution in [3.63, 3.8) is 0 Å². The van der Waals surface area contributed by atoms with Gasteiger partial charge in [-0.3, -0.25) is 0 Å². The lowest BCUT2D eigenvalue weighted by Gasteiger charge is -1.69. The second-order valence-corrected chi connectivity index (χ2v) is 1.93. The third-order valence-corrected chi connectivity index (χ3v) is 0.663. The molecule has 1 heteroatoms. The Hall–Kier alpha value is -0.720. The molecule has 0 saturated heterocycles. The Morgan fingerprint density at radius 3 is 2.11 bits per heavy atom. The molecule has 0 aliphatic rings. The zero-order valence-electron chi connectivity index (χ0n) is 6.35. The van der Waals surface area contributed by atoms with Crippen LogP contribution in [0, 0.1) is 6.92 Å². The molecule has 1 aromatic heterocycles. The van der Waals surface area contributed by atoms with Crippen molar-refractivity contribution >= 4 is 0 Å². The third-order valence-electron chi connectivity index (χ3n) is 0.663. The maximum atomic E-state index is 4.83. The second-order valence-electron chi connectivity index (χ2n) is 1.93. The summed E-state index contributed by atoms with van der Waals surface area (Å²) in [6, 6.07) is 3.79. The highest BCUT2D eigenvalue weighted by atomic mass is 16.3. The van der Waals surface area contributed by atoms with Crippen LogP contribution in [0.5, 0.6) is 0 Å². The van der Waals surface area contributed by atoms with Crippen molar-refractivity contribution in [1.29, 1.82) is 0 Å². The lowest BCUT2D eigenvalue weighted by Crippen LogP contribution is -1.48. The molecular formula is C8H14O. The molecule has 0 aliphatic heterocycles. The molecule has 1 nitrogen and oxygen atoms in total. The summed E-state index contributed by atoms with van der Waals surface area (Å²) >= 11 is 0. The van der Waals surface area contributed by atoms with Crippen LogP contribution in [0.3, 0.4) is 0 Å².